The van der Waals surface area contributed by atoms with Crippen LogP contribution in [0, 0.1) is 5.92 Å². The molecule has 2 atom stereocenters. The molecule has 0 bridgehead atoms. The van der Waals surface area contributed by atoms with Crippen molar-refractivity contribution in [3.8, 4) is 0 Å². The molecule has 2 unspecified atom stereocenters. The second-order valence-electron chi connectivity index (χ2n) is 7.71. The third-order valence-electron chi connectivity index (χ3n) is 5.07. The van der Waals surface area contributed by atoms with Gasteiger partial charge in [0.05, 0.1) is 18.5 Å². The fraction of sp³-hybridized carbons (Fsp3) is 0.231. The summed E-state index contributed by atoms with van der Waals surface area (Å²) in [6.45, 7) is 4.17. The fourth-order valence-electron chi connectivity index (χ4n) is 3.48. The number of rotatable bonds is 8. The van der Waals surface area contributed by atoms with Crippen LogP contribution in [-0.4, -0.2) is 11.8 Å². The smallest absolute Gasteiger partial charge is 0.251 e. The number of carbonyl (C=O) groups is 2. The number of benzene rings is 3. The lowest BCUT2D eigenvalue weighted by molar-refractivity contribution is -0.122. The van der Waals surface area contributed by atoms with Gasteiger partial charge in [0.25, 0.3) is 5.91 Å². The summed E-state index contributed by atoms with van der Waals surface area (Å²) in [7, 11) is 0. The Morgan fingerprint density at radius 1 is 0.700 bits per heavy atom. The van der Waals surface area contributed by atoms with E-state index in [1.807, 2.05) is 78.9 Å². The lowest BCUT2D eigenvalue weighted by Crippen LogP contribution is -2.36. The monoisotopic (exact) mass is 400 g/mol. The Labute approximate surface area is 178 Å². The van der Waals surface area contributed by atoms with E-state index < -0.39 is 6.04 Å². The molecular weight excluding hydrogens is 372 g/mol. The normalized spacial score (nSPS) is 12.8. The molecule has 0 aromatic heterocycles. The van der Waals surface area contributed by atoms with Crippen LogP contribution >= 0.6 is 0 Å². The van der Waals surface area contributed by atoms with Gasteiger partial charge in [-0.3, -0.25) is 9.59 Å². The first-order chi connectivity index (χ1) is 14.5. The third kappa shape index (κ3) is 5.80. The van der Waals surface area contributed by atoms with Crippen LogP contribution in [0.15, 0.2) is 91.0 Å². The maximum Gasteiger partial charge on any atom is 0.251 e. The molecule has 30 heavy (non-hydrogen) atoms. The Balaban J connectivity index is 1.75. The van der Waals surface area contributed by atoms with E-state index in [-0.39, 0.29) is 30.2 Å². The highest BCUT2D eigenvalue weighted by molar-refractivity contribution is 5.94. The number of amides is 2. The number of hydrogen-bond acceptors (Lipinski definition) is 2. The molecular formula is C26H28N2O2. The largest absolute Gasteiger partial charge is 0.349 e. The number of nitrogens with one attached hydrogen (secondary N) is 2. The van der Waals surface area contributed by atoms with Gasteiger partial charge in [-0.2, -0.15) is 0 Å². The van der Waals surface area contributed by atoms with Crippen LogP contribution in [0.5, 0.6) is 0 Å². The van der Waals surface area contributed by atoms with E-state index in [2.05, 4.69) is 24.5 Å². The molecule has 0 aliphatic rings. The predicted octanol–water partition coefficient (Wildman–Crippen LogP) is 5.06. The zero-order valence-electron chi connectivity index (χ0n) is 17.4. The van der Waals surface area contributed by atoms with Crippen molar-refractivity contribution in [2.75, 3.05) is 0 Å². The average molecular weight is 401 g/mol. The summed E-state index contributed by atoms with van der Waals surface area (Å²) < 4.78 is 0. The van der Waals surface area contributed by atoms with Gasteiger partial charge in [-0.15, -0.1) is 0 Å². The van der Waals surface area contributed by atoms with Crippen molar-refractivity contribution in [3.63, 3.8) is 0 Å². The summed E-state index contributed by atoms with van der Waals surface area (Å²) in [6, 6.07) is 28.1. The van der Waals surface area contributed by atoms with Crippen molar-refractivity contribution >= 4 is 11.8 Å². The minimum atomic E-state index is -0.414. The fourth-order valence-corrected chi connectivity index (χ4v) is 3.48. The Morgan fingerprint density at radius 2 is 1.20 bits per heavy atom. The molecule has 154 valence electrons. The molecule has 4 heteroatoms. The lowest BCUT2D eigenvalue weighted by atomic mass is 9.95. The molecule has 0 spiro atoms. The van der Waals surface area contributed by atoms with Crippen LogP contribution in [0.3, 0.4) is 0 Å². The van der Waals surface area contributed by atoms with Crippen molar-refractivity contribution in [1.82, 2.24) is 10.6 Å². The molecule has 3 aromatic rings. The van der Waals surface area contributed by atoms with Gasteiger partial charge in [0.2, 0.25) is 5.91 Å². The maximum absolute atomic E-state index is 13.0. The second-order valence-corrected chi connectivity index (χ2v) is 7.71. The Bertz CT molecular complexity index is 941. The summed E-state index contributed by atoms with van der Waals surface area (Å²) in [5.74, 6) is -0.0501. The van der Waals surface area contributed by atoms with Crippen LogP contribution in [0.1, 0.15) is 53.8 Å². The van der Waals surface area contributed by atoms with Gasteiger partial charge in [0, 0.05) is 5.56 Å². The highest BCUT2D eigenvalue weighted by Gasteiger charge is 2.23. The van der Waals surface area contributed by atoms with Crippen LogP contribution in [0.4, 0.5) is 0 Å². The zero-order chi connectivity index (χ0) is 21.3. The average Bonchev–Trinajstić information content (AvgIpc) is 2.78. The van der Waals surface area contributed by atoms with Crippen LogP contribution < -0.4 is 10.6 Å². The summed E-state index contributed by atoms with van der Waals surface area (Å²) >= 11 is 0. The van der Waals surface area contributed by atoms with E-state index in [0.29, 0.717) is 5.56 Å². The molecule has 2 N–H and O–H groups in total. The highest BCUT2D eigenvalue weighted by atomic mass is 16.2. The Kier molecular flexibility index (Phi) is 7.39. The quantitative estimate of drug-likeness (QED) is 0.555. The molecule has 0 fully saturated rings. The first kappa shape index (κ1) is 21.3. The van der Waals surface area contributed by atoms with E-state index in [4.69, 9.17) is 0 Å². The molecule has 0 aliphatic carbocycles. The minimum absolute atomic E-state index is 0.0834. The molecule has 0 saturated carbocycles. The first-order valence-electron chi connectivity index (χ1n) is 10.3. The minimum Gasteiger partial charge on any atom is -0.349 e. The van der Waals surface area contributed by atoms with Gasteiger partial charge in [0.15, 0.2) is 0 Å². The molecule has 0 saturated heterocycles. The molecule has 3 aromatic carbocycles. The molecule has 2 amide bonds. The molecule has 0 heterocycles. The Hall–Kier alpha value is -3.40. The van der Waals surface area contributed by atoms with E-state index >= 15 is 0 Å². The summed E-state index contributed by atoms with van der Waals surface area (Å²) in [6.07, 6.45) is 0.165. The highest BCUT2D eigenvalue weighted by Crippen LogP contribution is 2.23. The van der Waals surface area contributed by atoms with Gasteiger partial charge < -0.3 is 10.6 Å². The predicted molar refractivity (Wildman–Crippen MR) is 120 cm³/mol. The van der Waals surface area contributed by atoms with E-state index in [9.17, 15) is 9.59 Å². The van der Waals surface area contributed by atoms with Crippen LogP contribution in [-0.2, 0) is 4.79 Å². The standard InChI is InChI=1S/C26H28N2O2/c1-19(2)25(21-14-8-4-9-15-21)28-24(29)18-23(20-12-6-3-7-13-20)27-26(30)22-16-10-5-11-17-22/h3-17,19,23,25H,18H2,1-2H3,(H,27,30)(H,28,29). The SMILES string of the molecule is CC(C)C(NC(=O)CC(NC(=O)c1ccccc1)c1ccccc1)c1ccccc1. The summed E-state index contributed by atoms with van der Waals surface area (Å²) in [4.78, 5) is 25.7. The lowest BCUT2D eigenvalue weighted by Gasteiger charge is -2.25. The van der Waals surface area contributed by atoms with Crippen molar-refractivity contribution in [3.05, 3.63) is 108 Å². The second kappa shape index (κ2) is 10.4. The van der Waals surface area contributed by atoms with Gasteiger partial charge in [-0.1, -0.05) is 92.7 Å². The molecule has 0 aliphatic heterocycles. The topological polar surface area (TPSA) is 58.2 Å². The van der Waals surface area contributed by atoms with Gasteiger partial charge in [-0.25, -0.2) is 0 Å². The zero-order valence-corrected chi connectivity index (χ0v) is 17.4. The van der Waals surface area contributed by atoms with Gasteiger partial charge in [-0.05, 0) is 29.2 Å². The first-order valence-corrected chi connectivity index (χ1v) is 10.3. The Morgan fingerprint density at radius 3 is 1.73 bits per heavy atom. The molecule has 4 nitrogen and oxygen atoms in total. The summed E-state index contributed by atoms with van der Waals surface area (Å²) in [5, 5.41) is 6.18. The third-order valence-corrected chi connectivity index (χ3v) is 5.07. The van der Waals surface area contributed by atoms with Gasteiger partial charge >= 0.3 is 0 Å². The van der Waals surface area contributed by atoms with Crippen molar-refractivity contribution in [1.29, 1.82) is 0 Å². The maximum atomic E-state index is 13.0. The van der Waals surface area contributed by atoms with Crippen LogP contribution in [0.25, 0.3) is 0 Å². The van der Waals surface area contributed by atoms with Gasteiger partial charge in [0.1, 0.15) is 0 Å². The van der Waals surface area contributed by atoms with Crippen LogP contribution in [0.2, 0.25) is 0 Å². The van der Waals surface area contributed by atoms with E-state index in [0.717, 1.165) is 11.1 Å². The molecule has 0 radical (unpaired) electrons. The number of carbonyl (C=O) groups excluding carboxylic acids is 2. The van der Waals surface area contributed by atoms with E-state index in [1.165, 1.54) is 0 Å². The van der Waals surface area contributed by atoms with Crippen molar-refractivity contribution in [2.45, 2.75) is 32.4 Å². The van der Waals surface area contributed by atoms with E-state index in [1.54, 1.807) is 12.1 Å². The number of hydrogen-bond donors (Lipinski definition) is 2. The summed E-state index contributed by atoms with van der Waals surface area (Å²) in [5.41, 5.74) is 2.55. The van der Waals surface area contributed by atoms with Crippen molar-refractivity contribution < 1.29 is 9.59 Å². The molecule has 3 rings (SSSR count). The van der Waals surface area contributed by atoms with Crippen molar-refractivity contribution in [2.24, 2.45) is 5.92 Å².